The molecule has 1 rings (SSSR count). The Bertz CT molecular complexity index is 431. The SMILES string of the molecule is CCCNc1ccc(C(=O)NC(C)CC(N)=O)nc1. The number of carbonyl (C=O) groups is 2. The fourth-order valence-corrected chi connectivity index (χ4v) is 1.55. The Morgan fingerprint density at radius 1 is 1.42 bits per heavy atom. The molecule has 0 fully saturated rings. The highest BCUT2D eigenvalue weighted by Gasteiger charge is 2.12. The lowest BCUT2D eigenvalue weighted by Gasteiger charge is -2.11. The Kier molecular flexibility index (Phi) is 5.78. The minimum atomic E-state index is -0.445. The molecular formula is C13H20N4O2. The number of pyridine rings is 1. The maximum Gasteiger partial charge on any atom is 0.270 e. The average Bonchev–Trinajstić information content (AvgIpc) is 2.35. The molecule has 0 bridgehead atoms. The summed E-state index contributed by atoms with van der Waals surface area (Å²) in [5.74, 6) is -0.754. The second kappa shape index (κ2) is 7.35. The van der Waals surface area contributed by atoms with Crippen LogP contribution in [0.3, 0.4) is 0 Å². The molecule has 0 aliphatic heterocycles. The molecule has 1 atom stereocenters. The number of nitrogens with one attached hydrogen (secondary N) is 2. The molecule has 6 heteroatoms. The van der Waals surface area contributed by atoms with E-state index in [1.807, 2.05) is 0 Å². The van der Waals surface area contributed by atoms with Crippen LogP contribution in [-0.2, 0) is 4.79 Å². The van der Waals surface area contributed by atoms with Crippen molar-refractivity contribution in [2.75, 3.05) is 11.9 Å². The Morgan fingerprint density at radius 3 is 2.68 bits per heavy atom. The van der Waals surface area contributed by atoms with Crippen molar-refractivity contribution in [1.82, 2.24) is 10.3 Å². The van der Waals surface area contributed by atoms with E-state index in [1.165, 1.54) is 0 Å². The summed E-state index contributed by atoms with van der Waals surface area (Å²) in [6, 6.07) is 3.14. The summed E-state index contributed by atoms with van der Waals surface area (Å²) in [5.41, 5.74) is 6.26. The van der Waals surface area contributed by atoms with Gasteiger partial charge in [0.15, 0.2) is 0 Å². The molecule has 0 saturated heterocycles. The number of primary amides is 1. The molecule has 0 aliphatic carbocycles. The van der Waals surface area contributed by atoms with E-state index in [0.29, 0.717) is 5.69 Å². The first kappa shape index (κ1) is 14.9. The Hall–Kier alpha value is -2.11. The summed E-state index contributed by atoms with van der Waals surface area (Å²) in [6.45, 7) is 4.66. The van der Waals surface area contributed by atoms with Crippen LogP contribution in [0.25, 0.3) is 0 Å². The molecule has 0 aliphatic rings. The van der Waals surface area contributed by atoms with Crippen LogP contribution in [0.2, 0.25) is 0 Å². The molecule has 1 aromatic heterocycles. The van der Waals surface area contributed by atoms with Gasteiger partial charge in [-0.3, -0.25) is 9.59 Å². The number of nitrogens with two attached hydrogens (primary N) is 1. The molecule has 1 aromatic rings. The van der Waals surface area contributed by atoms with E-state index in [1.54, 1.807) is 25.3 Å². The number of aromatic nitrogens is 1. The van der Waals surface area contributed by atoms with Crippen molar-refractivity contribution in [1.29, 1.82) is 0 Å². The van der Waals surface area contributed by atoms with Crippen LogP contribution in [0.1, 0.15) is 37.2 Å². The Morgan fingerprint density at radius 2 is 2.16 bits per heavy atom. The normalized spacial score (nSPS) is 11.7. The summed E-state index contributed by atoms with van der Waals surface area (Å²) in [5, 5.41) is 5.84. The number of anilines is 1. The molecule has 6 nitrogen and oxygen atoms in total. The Balaban J connectivity index is 2.55. The predicted octanol–water partition coefficient (Wildman–Crippen LogP) is 0.897. The van der Waals surface area contributed by atoms with Gasteiger partial charge in [-0.05, 0) is 25.5 Å². The molecule has 1 unspecified atom stereocenters. The van der Waals surface area contributed by atoms with Crippen molar-refractivity contribution in [3.63, 3.8) is 0 Å². The summed E-state index contributed by atoms with van der Waals surface area (Å²) < 4.78 is 0. The molecule has 4 N–H and O–H groups in total. The van der Waals surface area contributed by atoms with Crippen molar-refractivity contribution in [3.8, 4) is 0 Å². The summed E-state index contributed by atoms with van der Waals surface area (Å²) in [4.78, 5) is 26.6. The van der Waals surface area contributed by atoms with E-state index in [2.05, 4.69) is 22.5 Å². The van der Waals surface area contributed by atoms with E-state index in [9.17, 15) is 9.59 Å². The van der Waals surface area contributed by atoms with Gasteiger partial charge in [0.25, 0.3) is 5.91 Å². The lowest BCUT2D eigenvalue weighted by atomic mass is 10.2. The van der Waals surface area contributed by atoms with Crippen LogP contribution in [-0.4, -0.2) is 29.4 Å². The Labute approximate surface area is 112 Å². The number of hydrogen-bond acceptors (Lipinski definition) is 4. The second-order valence-corrected chi connectivity index (χ2v) is 4.40. The van der Waals surface area contributed by atoms with Gasteiger partial charge in [0, 0.05) is 19.0 Å². The molecule has 0 spiro atoms. The molecule has 1 heterocycles. The van der Waals surface area contributed by atoms with Gasteiger partial charge in [0.1, 0.15) is 5.69 Å². The summed E-state index contributed by atoms with van der Waals surface area (Å²) in [6.07, 6.45) is 2.75. The molecular weight excluding hydrogens is 244 g/mol. The fourth-order valence-electron chi connectivity index (χ4n) is 1.55. The number of carbonyl (C=O) groups excluding carboxylic acids is 2. The molecule has 19 heavy (non-hydrogen) atoms. The minimum Gasteiger partial charge on any atom is -0.384 e. The number of hydrogen-bond donors (Lipinski definition) is 3. The van der Waals surface area contributed by atoms with Crippen molar-refractivity contribution >= 4 is 17.5 Å². The number of amides is 2. The molecule has 2 amide bonds. The summed E-state index contributed by atoms with van der Waals surface area (Å²) in [7, 11) is 0. The van der Waals surface area contributed by atoms with E-state index in [-0.39, 0.29) is 18.4 Å². The van der Waals surface area contributed by atoms with Crippen LogP contribution in [0, 0.1) is 0 Å². The van der Waals surface area contributed by atoms with Crippen LogP contribution >= 0.6 is 0 Å². The highest BCUT2D eigenvalue weighted by Crippen LogP contribution is 2.06. The van der Waals surface area contributed by atoms with Crippen LogP contribution < -0.4 is 16.4 Å². The predicted molar refractivity (Wildman–Crippen MR) is 73.8 cm³/mol. The standard InChI is InChI=1S/C13H20N4O2/c1-3-6-15-10-4-5-11(16-8-10)13(19)17-9(2)7-12(14)18/h4-5,8-9,15H,3,6-7H2,1-2H3,(H2,14,18)(H,17,19). The van der Waals surface area contributed by atoms with Crippen LogP contribution in [0.5, 0.6) is 0 Å². The van der Waals surface area contributed by atoms with Crippen molar-refractivity contribution in [2.45, 2.75) is 32.7 Å². The highest BCUT2D eigenvalue weighted by molar-refractivity contribution is 5.93. The minimum absolute atomic E-state index is 0.113. The van der Waals surface area contributed by atoms with Gasteiger partial charge >= 0.3 is 0 Å². The molecule has 0 radical (unpaired) electrons. The van der Waals surface area contributed by atoms with Gasteiger partial charge in [-0.1, -0.05) is 6.92 Å². The first-order valence-electron chi connectivity index (χ1n) is 6.32. The average molecular weight is 264 g/mol. The third kappa shape index (κ3) is 5.37. The van der Waals surface area contributed by atoms with Crippen LogP contribution in [0.4, 0.5) is 5.69 Å². The van der Waals surface area contributed by atoms with Crippen molar-refractivity contribution < 1.29 is 9.59 Å². The second-order valence-electron chi connectivity index (χ2n) is 4.40. The van der Waals surface area contributed by atoms with E-state index < -0.39 is 5.91 Å². The van der Waals surface area contributed by atoms with Gasteiger partial charge < -0.3 is 16.4 Å². The lowest BCUT2D eigenvalue weighted by molar-refractivity contribution is -0.118. The first-order chi connectivity index (χ1) is 9.02. The van der Waals surface area contributed by atoms with Gasteiger partial charge in [0.2, 0.25) is 5.91 Å². The van der Waals surface area contributed by atoms with E-state index in [4.69, 9.17) is 5.73 Å². The van der Waals surface area contributed by atoms with Crippen molar-refractivity contribution in [2.24, 2.45) is 5.73 Å². The summed E-state index contributed by atoms with van der Waals surface area (Å²) >= 11 is 0. The lowest BCUT2D eigenvalue weighted by Crippen LogP contribution is -2.36. The largest absolute Gasteiger partial charge is 0.384 e. The molecule has 0 saturated carbocycles. The van der Waals surface area contributed by atoms with Crippen LogP contribution in [0.15, 0.2) is 18.3 Å². The van der Waals surface area contributed by atoms with E-state index >= 15 is 0 Å². The van der Waals surface area contributed by atoms with E-state index in [0.717, 1.165) is 18.7 Å². The zero-order valence-corrected chi connectivity index (χ0v) is 11.3. The number of rotatable bonds is 7. The van der Waals surface area contributed by atoms with Gasteiger partial charge in [-0.15, -0.1) is 0 Å². The highest BCUT2D eigenvalue weighted by atomic mass is 16.2. The van der Waals surface area contributed by atoms with Gasteiger partial charge in [-0.25, -0.2) is 4.98 Å². The third-order valence-electron chi connectivity index (χ3n) is 2.46. The zero-order chi connectivity index (χ0) is 14.3. The van der Waals surface area contributed by atoms with Gasteiger partial charge in [0.05, 0.1) is 11.9 Å². The quantitative estimate of drug-likeness (QED) is 0.681. The zero-order valence-electron chi connectivity index (χ0n) is 11.3. The maximum absolute atomic E-state index is 11.8. The number of nitrogens with zero attached hydrogens (tertiary/aromatic N) is 1. The van der Waals surface area contributed by atoms with Gasteiger partial charge in [-0.2, -0.15) is 0 Å². The topological polar surface area (TPSA) is 97.1 Å². The smallest absolute Gasteiger partial charge is 0.270 e. The monoisotopic (exact) mass is 264 g/mol. The first-order valence-corrected chi connectivity index (χ1v) is 6.32. The third-order valence-corrected chi connectivity index (χ3v) is 2.46. The maximum atomic E-state index is 11.8. The molecule has 104 valence electrons. The van der Waals surface area contributed by atoms with Crippen molar-refractivity contribution in [3.05, 3.63) is 24.0 Å². The molecule has 0 aromatic carbocycles. The fraction of sp³-hybridized carbons (Fsp3) is 0.462.